The molecule has 0 atom stereocenters. The second kappa shape index (κ2) is 7.30. The van der Waals surface area contributed by atoms with E-state index in [-0.39, 0.29) is 5.97 Å². The monoisotopic (exact) mass is 326 g/mol. The first kappa shape index (κ1) is 17.7. The van der Waals surface area contributed by atoms with Crippen molar-refractivity contribution in [3.05, 3.63) is 48.0 Å². The van der Waals surface area contributed by atoms with Crippen LogP contribution in [0.5, 0.6) is 5.75 Å². The van der Waals surface area contributed by atoms with Gasteiger partial charge in [0.2, 0.25) is 0 Å². The molecular formula is C20H22O4. The molecule has 4 nitrogen and oxygen atoms in total. The second-order valence-corrected chi connectivity index (χ2v) is 6.25. The number of carbonyl (C=O) groups excluding carboxylic acids is 2. The molecule has 0 radical (unpaired) electrons. The van der Waals surface area contributed by atoms with Gasteiger partial charge in [-0.05, 0) is 60.9 Å². The van der Waals surface area contributed by atoms with Crippen LogP contribution >= 0.6 is 0 Å². The van der Waals surface area contributed by atoms with Crippen LogP contribution in [0.25, 0.3) is 16.8 Å². The maximum atomic E-state index is 12.2. The Morgan fingerprint density at radius 1 is 1.08 bits per heavy atom. The Labute approximate surface area is 142 Å². The van der Waals surface area contributed by atoms with E-state index in [2.05, 4.69) is 4.74 Å². The lowest BCUT2D eigenvalue weighted by atomic mass is 9.91. The minimum Gasteiger partial charge on any atom is -0.466 e. The number of ether oxygens (including phenoxy) is 2. The molecule has 4 heteroatoms. The van der Waals surface area contributed by atoms with Gasteiger partial charge in [-0.25, -0.2) is 4.79 Å². The van der Waals surface area contributed by atoms with E-state index in [0.29, 0.717) is 5.75 Å². The minimum atomic E-state index is -0.502. The van der Waals surface area contributed by atoms with E-state index >= 15 is 0 Å². The molecule has 0 N–H and O–H groups in total. The molecule has 0 aliphatic rings. The highest BCUT2D eigenvalue weighted by molar-refractivity contribution is 5.90. The molecule has 2 rings (SSSR count). The predicted molar refractivity (Wildman–Crippen MR) is 94.7 cm³/mol. The summed E-state index contributed by atoms with van der Waals surface area (Å²) >= 11 is 0. The van der Waals surface area contributed by atoms with Gasteiger partial charge in [-0.1, -0.05) is 25.1 Å². The summed E-state index contributed by atoms with van der Waals surface area (Å²) in [7, 11) is 1.34. The average Bonchev–Trinajstić information content (AvgIpc) is 2.59. The zero-order valence-electron chi connectivity index (χ0n) is 14.5. The summed E-state index contributed by atoms with van der Waals surface area (Å²) < 4.78 is 10.1. The van der Waals surface area contributed by atoms with Gasteiger partial charge in [0, 0.05) is 6.08 Å². The van der Waals surface area contributed by atoms with E-state index in [4.69, 9.17) is 4.74 Å². The van der Waals surface area contributed by atoms with Gasteiger partial charge in [0.1, 0.15) is 5.75 Å². The molecule has 0 aromatic heterocycles. The molecule has 0 aliphatic heterocycles. The van der Waals surface area contributed by atoms with Gasteiger partial charge >= 0.3 is 11.9 Å². The van der Waals surface area contributed by atoms with Gasteiger partial charge in [-0.2, -0.15) is 0 Å². The number of methoxy groups -OCH3 is 1. The molecule has 0 bridgehead atoms. The Morgan fingerprint density at radius 3 is 2.42 bits per heavy atom. The van der Waals surface area contributed by atoms with E-state index in [1.54, 1.807) is 12.1 Å². The van der Waals surface area contributed by atoms with Crippen LogP contribution in [-0.4, -0.2) is 19.0 Å². The number of benzene rings is 2. The van der Waals surface area contributed by atoms with E-state index in [1.165, 1.54) is 13.2 Å². The van der Waals surface area contributed by atoms with Crippen molar-refractivity contribution in [2.45, 2.75) is 27.2 Å². The molecular weight excluding hydrogens is 304 g/mol. The zero-order valence-corrected chi connectivity index (χ0v) is 14.5. The van der Waals surface area contributed by atoms with Crippen LogP contribution in [-0.2, 0) is 14.3 Å². The standard InChI is InChI=1S/C20H22O4/c1-5-20(2,3)19(22)24-17-10-9-15-12-14(6-8-16(15)13-17)7-11-18(21)23-4/h6-13H,5H2,1-4H3. The molecule has 126 valence electrons. The number of esters is 2. The summed E-state index contributed by atoms with van der Waals surface area (Å²) in [5.74, 6) is -0.0928. The highest BCUT2D eigenvalue weighted by Crippen LogP contribution is 2.26. The van der Waals surface area contributed by atoms with Gasteiger partial charge in [-0.3, -0.25) is 4.79 Å². The van der Waals surface area contributed by atoms with Crippen LogP contribution in [0.15, 0.2) is 42.5 Å². The van der Waals surface area contributed by atoms with Crippen molar-refractivity contribution in [1.29, 1.82) is 0 Å². The predicted octanol–water partition coefficient (Wildman–Crippen LogP) is 4.37. The van der Waals surface area contributed by atoms with Crippen LogP contribution < -0.4 is 4.74 Å². The van der Waals surface area contributed by atoms with Crippen molar-refractivity contribution in [3.63, 3.8) is 0 Å². The third-order valence-corrected chi connectivity index (χ3v) is 4.10. The van der Waals surface area contributed by atoms with E-state index in [9.17, 15) is 9.59 Å². The molecule has 2 aromatic carbocycles. The summed E-state index contributed by atoms with van der Waals surface area (Å²) in [5, 5.41) is 1.96. The maximum absolute atomic E-state index is 12.2. The van der Waals surface area contributed by atoms with Crippen molar-refractivity contribution in [2.75, 3.05) is 7.11 Å². The fourth-order valence-electron chi connectivity index (χ4n) is 2.03. The van der Waals surface area contributed by atoms with Crippen LogP contribution in [0, 0.1) is 5.41 Å². The van der Waals surface area contributed by atoms with Gasteiger partial charge in [0.25, 0.3) is 0 Å². The first-order chi connectivity index (χ1) is 11.4. The smallest absolute Gasteiger partial charge is 0.330 e. The Kier molecular flexibility index (Phi) is 5.39. The quantitative estimate of drug-likeness (QED) is 0.465. The summed E-state index contributed by atoms with van der Waals surface area (Å²) in [6, 6.07) is 11.3. The van der Waals surface area contributed by atoms with Crippen LogP contribution in [0.2, 0.25) is 0 Å². The zero-order chi connectivity index (χ0) is 17.7. The summed E-state index contributed by atoms with van der Waals surface area (Å²) in [4.78, 5) is 23.3. The van der Waals surface area contributed by atoms with Crippen molar-refractivity contribution in [2.24, 2.45) is 5.41 Å². The SMILES string of the molecule is CCC(C)(C)C(=O)Oc1ccc2cc(C=CC(=O)OC)ccc2c1. The first-order valence-electron chi connectivity index (χ1n) is 7.88. The van der Waals surface area contributed by atoms with Gasteiger partial charge in [-0.15, -0.1) is 0 Å². The van der Waals surface area contributed by atoms with Crippen LogP contribution in [0.1, 0.15) is 32.8 Å². The molecule has 2 aromatic rings. The summed E-state index contributed by atoms with van der Waals surface area (Å²) in [5.41, 5.74) is 0.391. The van der Waals surface area contributed by atoms with Gasteiger partial charge in [0.15, 0.2) is 0 Å². The van der Waals surface area contributed by atoms with Crippen molar-refractivity contribution >= 4 is 28.8 Å². The third kappa shape index (κ3) is 4.22. The molecule has 0 saturated carbocycles. The molecule has 0 heterocycles. The number of carbonyl (C=O) groups is 2. The Morgan fingerprint density at radius 2 is 1.75 bits per heavy atom. The lowest BCUT2D eigenvalue weighted by molar-refractivity contribution is -0.144. The minimum absolute atomic E-state index is 0.234. The lowest BCUT2D eigenvalue weighted by Gasteiger charge is -2.20. The number of fused-ring (bicyclic) bond motifs is 1. The van der Waals surface area contributed by atoms with Crippen molar-refractivity contribution in [1.82, 2.24) is 0 Å². The number of rotatable bonds is 5. The molecule has 24 heavy (non-hydrogen) atoms. The third-order valence-electron chi connectivity index (χ3n) is 4.10. The highest BCUT2D eigenvalue weighted by atomic mass is 16.5. The average molecular weight is 326 g/mol. The lowest BCUT2D eigenvalue weighted by Crippen LogP contribution is -2.28. The van der Waals surface area contributed by atoms with Gasteiger partial charge in [0.05, 0.1) is 12.5 Å². The van der Waals surface area contributed by atoms with Crippen LogP contribution in [0.4, 0.5) is 0 Å². The summed E-state index contributed by atoms with van der Waals surface area (Å²) in [6.45, 7) is 5.71. The normalized spacial score (nSPS) is 11.7. The molecule has 0 aliphatic carbocycles. The first-order valence-corrected chi connectivity index (χ1v) is 7.88. The molecule has 0 fully saturated rings. The number of hydrogen-bond acceptors (Lipinski definition) is 4. The Balaban J connectivity index is 2.22. The molecule has 0 saturated heterocycles. The van der Waals surface area contributed by atoms with E-state index in [0.717, 1.165) is 22.8 Å². The van der Waals surface area contributed by atoms with Crippen molar-refractivity contribution < 1.29 is 19.1 Å². The Bertz CT molecular complexity index is 787. The van der Waals surface area contributed by atoms with Gasteiger partial charge < -0.3 is 9.47 Å². The Hall–Kier alpha value is -2.62. The molecule has 0 unspecified atom stereocenters. The van der Waals surface area contributed by atoms with Crippen LogP contribution in [0.3, 0.4) is 0 Å². The van der Waals surface area contributed by atoms with E-state index < -0.39 is 11.4 Å². The largest absolute Gasteiger partial charge is 0.466 e. The van der Waals surface area contributed by atoms with Crippen molar-refractivity contribution in [3.8, 4) is 5.75 Å². The number of hydrogen-bond donors (Lipinski definition) is 0. The summed E-state index contributed by atoms with van der Waals surface area (Å²) in [6.07, 6.45) is 3.79. The van der Waals surface area contributed by atoms with E-state index in [1.807, 2.05) is 51.1 Å². The fourth-order valence-corrected chi connectivity index (χ4v) is 2.03. The molecule has 0 spiro atoms. The second-order valence-electron chi connectivity index (χ2n) is 6.25. The maximum Gasteiger partial charge on any atom is 0.330 e. The topological polar surface area (TPSA) is 52.6 Å². The fraction of sp³-hybridized carbons (Fsp3) is 0.300. The highest BCUT2D eigenvalue weighted by Gasteiger charge is 2.27. The molecule has 0 amide bonds.